The Balaban J connectivity index is 2.05. The van der Waals surface area contributed by atoms with Crippen LogP contribution < -0.4 is 9.64 Å². The third kappa shape index (κ3) is 1.68. The van der Waals surface area contributed by atoms with Crippen LogP contribution in [0, 0.1) is 17.3 Å². The zero-order chi connectivity index (χ0) is 15.5. The van der Waals surface area contributed by atoms with Crippen molar-refractivity contribution in [1.29, 1.82) is 0 Å². The normalized spacial score (nSPS) is 25.8. The number of carbonyl (C=O) groups excluding carboxylic acids is 2. The van der Waals surface area contributed by atoms with Gasteiger partial charge in [0.2, 0.25) is 11.8 Å². The molecule has 1 N–H and O–H groups in total. The van der Waals surface area contributed by atoms with Gasteiger partial charge in [-0.2, -0.15) is 0 Å². The highest BCUT2D eigenvalue weighted by molar-refractivity contribution is 6.26. The first-order chi connectivity index (χ1) is 9.80. The Hall–Kier alpha value is -2.37. The molecule has 0 spiro atoms. The number of hydrogen-bond donors (Lipinski definition) is 1. The van der Waals surface area contributed by atoms with Gasteiger partial charge in [0.25, 0.3) is 0 Å². The molecule has 1 saturated carbocycles. The Morgan fingerprint density at radius 2 is 1.81 bits per heavy atom. The van der Waals surface area contributed by atoms with Gasteiger partial charge in [-0.25, -0.2) is 9.69 Å². The fourth-order valence-electron chi connectivity index (χ4n) is 3.18. The minimum atomic E-state index is -1.12. The number of piperidine rings is 1. The molecule has 2 aliphatic rings. The first kappa shape index (κ1) is 13.6. The SMILES string of the molecule is COc1ccc(C(=O)O)cc1N1C(=O)C2C(C1=O)C2(C)C. The number of rotatable bonds is 3. The van der Waals surface area contributed by atoms with Crippen molar-refractivity contribution in [3.63, 3.8) is 0 Å². The van der Waals surface area contributed by atoms with Crippen molar-refractivity contribution in [3.8, 4) is 5.75 Å². The predicted octanol–water partition coefficient (Wildman–Crippen LogP) is 1.54. The Bertz CT molecular complexity index is 655. The van der Waals surface area contributed by atoms with E-state index < -0.39 is 5.97 Å². The number of aromatic carboxylic acids is 1. The van der Waals surface area contributed by atoms with Crippen LogP contribution in [-0.2, 0) is 9.59 Å². The third-order valence-corrected chi connectivity index (χ3v) is 4.47. The van der Waals surface area contributed by atoms with E-state index in [9.17, 15) is 14.4 Å². The Kier molecular flexibility index (Phi) is 2.63. The largest absolute Gasteiger partial charge is 0.495 e. The molecule has 3 rings (SSSR count). The lowest BCUT2D eigenvalue weighted by Crippen LogP contribution is -2.36. The van der Waals surface area contributed by atoms with E-state index in [1.54, 1.807) is 0 Å². The number of imide groups is 1. The number of amides is 2. The second kappa shape index (κ2) is 4.07. The summed E-state index contributed by atoms with van der Waals surface area (Å²) < 4.78 is 5.15. The van der Waals surface area contributed by atoms with Crippen LogP contribution in [0.2, 0.25) is 0 Å². The van der Waals surface area contributed by atoms with Gasteiger partial charge in [0.05, 0.1) is 30.2 Å². The average molecular weight is 289 g/mol. The van der Waals surface area contributed by atoms with E-state index in [0.29, 0.717) is 5.75 Å². The molecule has 2 atom stereocenters. The number of anilines is 1. The third-order valence-electron chi connectivity index (χ3n) is 4.47. The van der Waals surface area contributed by atoms with Gasteiger partial charge >= 0.3 is 5.97 Å². The van der Waals surface area contributed by atoms with Crippen LogP contribution in [0.3, 0.4) is 0 Å². The van der Waals surface area contributed by atoms with Crippen LogP contribution >= 0.6 is 0 Å². The molecular formula is C15H15NO5. The maximum atomic E-state index is 12.4. The summed E-state index contributed by atoms with van der Waals surface area (Å²) in [6.07, 6.45) is 0. The van der Waals surface area contributed by atoms with Gasteiger partial charge in [0.15, 0.2) is 0 Å². The smallest absolute Gasteiger partial charge is 0.335 e. The summed E-state index contributed by atoms with van der Waals surface area (Å²) in [5.41, 5.74) is -0.0934. The van der Waals surface area contributed by atoms with E-state index in [0.717, 1.165) is 4.90 Å². The fraction of sp³-hybridized carbons (Fsp3) is 0.400. The van der Waals surface area contributed by atoms with Crippen molar-refractivity contribution in [2.75, 3.05) is 12.0 Å². The van der Waals surface area contributed by atoms with Gasteiger partial charge in [-0.15, -0.1) is 0 Å². The summed E-state index contributed by atoms with van der Waals surface area (Å²) in [5.74, 6) is -2.01. The minimum absolute atomic E-state index is 0.00577. The molecule has 0 aromatic heterocycles. The van der Waals surface area contributed by atoms with E-state index in [1.807, 2.05) is 13.8 Å². The van der Waals surface area contributed by atoms with Crippen molar-refractivity contribution in [2.24, 2.45) is 17.3 Å². The summed E-state index contributed by atoms with van der Waals surface area (Å²) in [5, 5.41) is 9.06. The number of carbonyl (C=O) groups is 3. The van der Waals surface area contributed by atoms with Crippen molar-refractivity contribution in [2.45, 2.75) is 13.8 Å². The number of benzene rings is 1. The molecule has 6 nitrogen and oxygen atoms in total. The maximum Gasteiger partial charge on any atom is 0.335 e. The Morgan fingerprint density at radius 3 is 2.29 bits per heavy atom. The number of hydrogen-bond acceptors (Lipinski definition) is 4. The van der Waals surface area contributed by atoms with Crippen LogP contribution in [0.25, 0.3) is 0 Å². The van der Waals surface area contributed by atoms with Crippen LogP contribution in [0.1, 0.15) is 24.2 Å². The number of carboxylic acids is 1. The predicted molar refractivity (Wildman–Crippen MR) is 73.2 cm³/mol. The summed E-state index contributed by atoms with van der Waals surface area (Å²) in [6.45, 7) is 3.78. The fourth-order valence-corrected chi connectivity index (χ4v) is 3.18. The molecule has 1 aliphatic carbocycles. The lowest BCUT2D eigenvalue weighted by atomic mass is 10.0. The second-order valence-corrected chi connectivity index (χ2v) is 5.98. The van der Waals surface area contributed by atoms with Crippen LogP contribution in [0.15, 0.2) is 18.2 Å². The highest BCUT2D eigenvalue weighted by atomic mass is 16.5. The van der Waals surface area contributed by atoms with Gasteiger partial charge < -0.3 is 9.84 Å². The summed E-state index contributed by atoms with van der Waals surface area (Å²) in [7, 11) is 1.41. The highest BCUT2D eigenvalue weighted by Gasteiger charge is 2.72. The molecule has 21 heavy (non-hydrogen) atoms. The van der Waals surface area contributed by atoms with Crippen LogP contribution in [-0.4, -0.2) is 30.0 Å². The lowest BCUT2D eigenvalue weighted by Gasteiger charge is -2.22. The molecule has 1 aromatic carbocycles. The van der Waals surface area contributed by atoms with Gasteiger partial charge in [-0.1, -0.05) is 13.8 Å². The molecule has 1 aromatic rings. The summed E-state index contributed by atoms with van der Waals surface area (Å²) in [6, 6.07) is 4.13. The molecule has 6 heteroatoms. The van der Waals surface area contributed by atoms with E-state index in [4.69, 9.17) is 9.84 Å². The standard InChI is InChI=1S/C15H15NO5/c1-15(2)10-11(15)13(18)16(12(10)17)8-6-7(14(19)20)4-5-9(8)21-3/h4-6,10-11H,1-3H3,(H,19,20). The van der Waals surface area contributed by atoms with Crippen molar-refractivity contribution >= 4 is 23.5 Å². The number of nitrogens with zero attached hydrogens (tertiary/aromatic N) is 1. The lowest BCUT2D eigenvalue weighted by molar-refractivity contribution is -0.125. The molecule has 1 saturated heterocycles. The average Bonchev–Trinajstić information content (AvgIpc) is 2.88. The molecule has 0 bridgehead atoms. The van der Waals surface area contributed by atoms with Crippen molar-refractivity contribution < 1.29 is 24.2 Å². The van der Waals surface area contributed by atoms with Gasteiger partial charge in [-0.05, 0) is 23.6 Å². The number of carboxylic acid groups (broad SMARTS) is 1. The van der Waals surface area contributed by atoms with Crippen LogP contribution in [0.5, 0.6) is 5.75 Å². The topological polar surface area (TPSA) is 83.9 Å². The first-order valence-electron chi connectivity index (χ1n) is 6.60. The quantitative estimate of drug-likeness (QED) is 0.853. The van der Waals surface area contributed by atoms with Gasteiger partial charge in [-0.3, -0.25) is 9.59 Å². The van der Waals surface area contributed by atoms with Crippen molar-refractivity contribution in [1.82, 2.24) is 0 Å². The molecule has 0 radical (unpaired) electrons. The zero-order valence-electron chi connectivity index (χ0n) is 11.9. The van der Waals surface area contributed by atoms with Crippen LogP contribution in [0.4, 0.5) is 5.69 Å². The molecule has 2 unspecified atom stereocenters. The van der Waals surface area contributed by atoms with E-state index in [-0.39, 0.29) is 40.3 Å². The van der Waals surface area contributed by atoms with Crippen molar-refractivity contribution in [3.05, 3.63) is 23.8 Å². The maximum absolute atomic E-state index is 12.4. The van der Waals surface area contributed by atoms with Gasteiger partial charge in [0.1, 0.15) is 5.75 Å². The van der Waals surface area contributed by atoms with E-state index in [1.165, 1.54) is 25.3 Å². The van der Waals surface area contributed by atoms with E-state index in [2.05, 4.69) is 0 Å². The first-order valence-corrected chi connectivity index (χ1v) is 6.60. The second-order valence-electron chi connectivity index (χ2n) is 5.98. The van der Waals surface area contributed by atoms with Gasteiger partial charge in [0, 0.05) is 0 Å². The zero-order valence-corrected chi connectivity index (χ0v) is 11.9. The summed E-state index contributed by atoms with van der Waals surface area (Å²) in [4.78, 5) is 37.0. The minimum Gasteiger partial charge on any atom is -0.495 e. The Labute approximate surface area is 121 Å². The number of methoxy groups -OCH3 is 1. The van der Waals surface area contributed by atoms with E-state index >= 15 is 0 Å². The number of ether oxygens (including phenoxy) is 1. The molecule has 2 amide bonds. The molecule has 2 fully saturated rings. The molecule has 1 aliphatic heterocycles. The molecular weight excluding hydrogens is 274 g/mol. The molecule has 1 heterocycles. The number of fused-ring (bicyclic) bond motifs is 1. The molecule has 110 valence electrons. The Morgan fingerprint density at radius 1 is 1.24 bits per heavy atom. The highest BCUT2D eigenvalue weighted by Crippen LogP contribution is 2.64. The summed E-state index contributed by atoms with van der Waals surface area (Å²) >= 11 is 0. The monoisotopic (exact) mass is 289 g/mol.